The van der Waals surface area contributed by atoms with Crippen molar-refractivity contribution in [1.82, 2.24) is 20.2 Å². The molecule has 2 heterocycles. The van der Waals surface area contributed by atoms with E-state index in [9.17, 15) is 4.79 Å². The van der Waals surface area contributed by atoms with Crippen molar-refractivity contribution in [3.8, 4) is 0 Å². The summed E-state index contributed by atoms with van der Waals surface area (Å²) in [6.45, 7) is 6.03. The van der Waals surface area contributed by atoms with Crippen LogP contribution in [-0.4, -0.2) is 32.9 Å². The Morgan fingerprint density at radius 3 is 2.57 bits per heavy atom. The van der Waals surface area contributed by atoms with Crippen molar-refractivity contribution >= 4 is 34.9 Å². The van der Waals surface area contributed by atoms with Gasteiger partial charge in [0.25, 0.3) is 0 Å². The summed E-state index contributed by atoms with van der Waals surface area (Å²) in [7, 11) is 0. The Labute approximate surface area is 162 Å². The lowest BCUT2D eigenvalue weighted by Crippen LogP contribution is -2.14. The number of aromatic nitrogens is 4. The van der Waals surface area contributed by atoms with Crippen molar-refractivity contribution < 1.29 is 9.53 Å². The maximum atomic E-state index is 11.8. The normalized spacial score (nSPS) is 10.4. The van der Waals surface area contributed by atoms with Gasteiger partial charge in [0, 0.05) is 23.1 Å². The molecule has 1 amide bonds. The van der Waals surface area contributed by atoms with Crippen molar-refractivity contribution in [2.75, 3.05) is 22.6 Å². The number of hydrogen-bond acceptors (Lipinski definition) is 7. The van der Waals surface area contributed by atoms with Crippen LogP contribution < -0.4 is 16.0 Å². The predicted molar refractivity (Wildman–Crippen MR) is 108 cm³/mol. The van der Waals surface area contributed by atoms with E-state index in [0.29, 0.717) is 29.7 Å². The van der Waals surface area contributed by atoms with Crippen LogP contribution in [0.5, 0.6) is 0 Å². The van der Waals surface area contributed by atoms with Crippen molar-refractivity contribution in [2.24, 2.45) is 0 Å². The van der Waals surface area contributed by atoms with Crippen molar-refractivity contribution in [2.45, 2.75) is 27.2 Å². The molecule has 3 rings (SSSR count). The van der Waals surface area contributed by atoms with E-state index in [1.54, 1.807) is 19.3 Å². The standard InChI is InChI=1S/C19H23N7O2/c1-4-13-6-7-14(9-15(13)22-19(27)28-5-2)21-17-10-20-11-18(24-17)23-16-8-12(3)25-26-16/h6-11H,4-5H2,1-3H3,(H,22,27)(H3,21,23,24,25,26). The Hall–Kier alpha value is -3.62. The topological polar surface area (TPSA) is 117 Å². The average molecular weight is 381 g/mol. The van der Waals surface area contributed by atoms with Crippen LogP contribution in [0.1, 0.15) is 25.1 Å². The van der Waals surface area contributed by atoms with Crippen LogP contribution in [0.15, 0.2) is 36.7 Å². The van der Waals surface area contributed by atoms with Gasteiger partial charge in [-0.3, -0.25) is 15.4 Å². The highest BCUT2D eigenvalue weighted by Gasteiger charge is 2.09. The van der Waals surface area contributed by atoms with Gasteiger partial charge in [0.15, 0.2) is 17.5 Å². The second-order valence-electron chi connectivity index (χ2n) is 6.05. The van der Waals surface area contributed by atoms with E-state index in [4.69, 9.17) is 4.74 Å². The van der Waals surface area contributed by atoms with Crippen LogP contribution in [0.4, 0.5) is 33.6 Å². The van der Waals surface area contributed by atoms with E-state index in [0.717, 1.165) is 23.4 Å². The van der Waals surface area contributed by atoms with Crippen LogP contribution in [0.3, 0.4) is 0 Å². The molecule has 0 saturated carbocycles. The molecule has 0 fully saturated rings. The Morgan fingerprint density at radius 1 is 1.11 bits per heavy atom. The lowest BCUT2D eigenvalue weighted by atomic mass is 10.1. The first kappa shape index (κ1) is 19.2. The maximum absolute atomic E-state index is 11.8. The first-order chi connectivity index (χ1) is 13.6. The minimum atomic E-state index is -0.477. The number of anilines is 5. The molecule has 0 atom stereocenters. The summed E-state index contributed by atoms with van der Waals surface area (Å²) in [6.07, 6.45) is 3.54. The molecule has 2 aromatic heterocycles. The van der Waals surface area contributed by atoms with Gasteiger partial charge in [-0.1, -0.05) is 13.0 Å². The zero-order valence-corrected chi connectivity index (χ0v) is 16.0. The van der Waals surface area contributed by atoms with Crippen molar-refractivity contribution in [3.05, 3.63) is 47.9 Å². The molecule has 0 saturated heterocycles. The van der Waals surface area contributed by atoms with E-state index in [2.05, 4.69) is 36.1 Å². The fourth-order valence-corrected chi connectivity index (χ4v) is 2.60. The Morgan fingerprint density at radius 2 is 1.89 bits per heavy atom. The molecule has 146 valence electrons. The van der Waals surface area contributed by atoms with Gasteiger partial charge in [0.05, 0.1) is 19.0 Å². The smallest absolute Gasteiger partial charge is 0.411 e. The lowest BCUT2D eigenvalue weighted by molar-refractivity contribution is 0.168. The third-order valence-corrected chi connectivity index (χ3v) is 3.87. The summed E-state index contributed by atoms with van der Waals surface area (Å²) in [5.41, 5.74) is 3.42. The molecule has 0 bridgehead atoms. The molecule has 28 heavy (non-hydrogen) atoms. The van der Waals surface area contributed by atoms with Gasteiger partial charge in [0.2, 0.25) is 0 Å². The predicted octanol–water partition coefficient (Wildman–Crippen LogP) is 4.13. The second kappa shape index (κ2) is 8.85. The fraction of sp³-hybridized carbons (Fsp3) is 0.263. The average Bonchev–Trinajstić information content (AvgIpc) is 3.07. The summed E-state index contributed by atoms with van der Waals surface area (Å²) in [6, 6.07) is 7.59. The van der Waals surface area contributed by atoms with Gasteiger partial charge < -0.3 is 15.4 Å². The molecular formula is C19H23N7O2. The van der Waals surface area contributed by atoms with Gasteiger partial charge in [-0.25, -0.2) is 9.78 Å². The lowest BCUT2D eigenvalue weighted by Gasteiger charge is -2.13. The molecule has 9 nitrogen and oxygen atoms in total. The highest BCUT2D eigenvalue weighted by Crippen LogP contribution is 2.24. The molecule has 0 aliphatic heterocycles. The Balaban J connectivity index is 1.75. The minimum absolute atomic E-state index is 0.316. The van der Waals surface area contributed by atoms with Crippen molar-refractivity contribution in [3.63, 3.8) is 0 Å². The number of nitrogens with one attached hydrogen (secondary N) is 4. The van der Waals surface area contributed by atoms with Gasteiger partial charge >= 0.3 is 6.09 Å². The molecule has 0 aliphatic carbocycles. The molecule has 4 N–H and O–H groups in total. The molecule has 9 heteroatoms. The van der Waals surface area contributed by atoms with E-state index in [-0.39, 0.29) is 0 Å². The van der Waals surface area contributed by atoms with Gasteiger partial charge in [-0.2, -0.15) is 5.10 Å². The molecular weight excluding hydrogens is 358 g/mol. The third kappa shape index (κ3) is 4.97. The largest absolute Gasteiger partial charge is 0.450 e. The van der Waals surface area contributed by atoms with Crippen LogP contribution in [0.2, 0.25) is 0 Å². The minimum Gasteiger partial charge on any atom is -0.450 e. The van der Waals surface area contributed by atoms with E-state index >= 15 is 0 Å². The molecule has 0 aliphatic rings. The molecule has 0 unspecified atom stereocenters. The first-order valence-electron chi connectivity index (χ1n) is 9.02. The highest BCUT2D eigenvalue weighted by atomic mass is 16.5. The number of aromatic amines is 1. The molecule has 3 aromatic rings. The zero-order valence-electron chi connectivity index (χ0n) is 16.0. The molecule has 0 spiro atoms. The van der Waals surface area contributed by atoms with Crippen LogP contribution in [0, 0.1) is 6.92 Å². The number of amides is 1. The monoisotopic (exact) mass is 381 g/mol. The summed E-state index contributed by atoms with van der Waals surface area (Å²) in [5, 5.41) is 16.0. The first-order valence-corrected chi connectivity index (χ1v) is 9.02. The molecule has 1 aromatic carbocycles. The number of benzene rings is 1. The number of H-pyrrole nitrogens is 1. The number of hydrogen-bond donors (Lipinski definition) is 4. The summed E-state index contributed by atoms with van der Waals surface area (Å²) >= 11 is 0. The van der Waals surface area contributed by atoms with Gasteiger partial charge in [-0.05, 0) is 38.0 Å². The quantitative estimate of drug-likeness (QED) is 0.486. The van der Waals surface area contributed by atoms with E-state index in [1.807, 2.05) is 38.1 Å². The van der Waals surface area contributed by atoms with Crippen LogP contribution >= 0.6 is 0 Å². The Bertz CT molecular complexity index is 955. The van der Waals surface area contributed by atoms with Crippen LogP contribution in [-0.2, 0) is 11.2 Å². The van der Waals surface area contributed by atoms with E-state index < -0.39 is 6.09 Å². The highest BCUT2D eigenvalue weighted by molar-refractivity contribution is 5.87. The van der Waals surface area contributed by atoms with Gasteiger partial charge in [-0.15, -0.1) is 0 Å². The summed E-state index contributed by atoms with van der Waals surface area (Å²) in [4.78, 5) is 20.5. The number of carbonyl (C=O) groups excluding carboxylic acids is 1. The number of rotatable bonds is 7. The third-order valence-electron chi connectivity index (χ3n) is 3.87. The fourth-order valence-electron chi connectivity index (χ4n) is 2.60. The van der Waals surface area contributed by atoms with Crippen LogP contribution in [0.25, 0.3) is 0 Å². The summed E-state index contributed by atoms with van der Waals surface area (Å²) < 4.78 is 4.97. The zero-order chi connectivity index (χ0) is 19.9. The summed E-state index contributed by atoms with van der Waals surface area (Å²) in [5.74, 6) is 1.78. The Kier molecular flexibility index (Phi) is 6.05. The van der Waals surface area contributed by atoms with Gasteiger partial charge in [0.1, 0.15) is 0 Å². The number of ether oxygens (including phenoxy) is 1. The number of aryl methyl sites for hydroxylation is 2. The van der Waals surface area contributed by atoms with Crippen molar-refractivity contribution in [1.29, 1.82) is 0 Å². The maximum Gasteiger partial charge on any atom is 0.411 e. The number of nitrogens with zero attached hydrogens (tertiary/aromatic N) is 3. The molecule has 0 radical (unpaired) electrons. The van der Waals surface area contributed by atoms with E-state index in [1.165, 1.54) is 0 Å². The SMILES string of the molecule is CCOC(=O)Nc1cc(Nc2cncc(Nc3cc(C)[nH]n3)n2)ccc1CC. The number of carbonyl (C=O) groups is 1. The second-order valence-corrected chi connectivity index (χ2v) is 6.05.